The first-order chi connectivity index (χ1) is 6.84. The van der Waals surface area contributed by atoms with Crippen LogP contribution in [0.5, 0.6) is 0 Å². The van der Waals surface area contributed by atoms with E-state index in [1.807, 2.05) is 0 Å². The zero-order valence-corrected chi connectivity index (χ0v) is 9.72. The summed E-state index contributed by atoms with van der Waals surface area (Å²) in [6.45, 7) is 5.61. The molecule has 0 heterocycles. The Balaban J connectivity index is 1.99. The number of hydrogen-bond acceptors (Lipinski definition) is 2. The first kappa shape index (κ1) is 12.0. The SMILES string of the molecule is COCCCNCC1CCCCC1C. The van der Waals surface area contributed by atoms with E-state index in [1.165, 1.54) is 32.2 Å². The minimum atomic E-state index is 0.882. The summed E-state index contributed by atoms with van der Waals surface area (Å²) >= 11 is 0. The summed E-state index contributed by atoms with van der Waals surface area (Å²) in [7, 11) is 1.77. The summed E-state index contributed by atoms with van der Waals surface area (Å²) in [5.74, 6) is 1.85. The third kappa shape index (κ3) is 4.43. The molecule has 0 amide bonds. The largest absolute Gasteiger partial charge is 0.385 e. The normalized spacial score (nSPS) is 27.9. The zero-order chi connectivity index (χ0) is 10.2. The molecule has 0 radical (unpaired) electrons. The Labute approximate surface area is 88.4 Å². The first-order valence-electron chi connectivity index (χ1n) is 6.04. The van der Waals surface area contributed by atoms with Gasteiger partial charge in [0.25, 0.3) is 0 Å². The monoisotopic (exact) mass is 199 g/mol. The van der Waals surface area contributed by atoms with Gasteiger partial charge >= 0.3 is 0 Å². The summed E-state index contributed by atoms with van der Waals surface area (Å²) in [5, 5.41) is 3.54. The van der Waals surface area contributed by atoms with Gasteiger partial charge in [0.1, 0.15) is 0 Å². The van der Waals surface area contributed by atoms with Gasteiger partial charge in [-0.25, -0.2) is 0 Å². The highest BCUT2D eigenvalue weighted by atomic mass is 16.5. The maximum absolute atomic E-state index is 5.02. The summed E-state index contributed by atoms with van der Waals surface area (Å²) < 4.78 is 5.02. The third-order valence-corrected chi connectivity index (χ3v) is 3.40. The minimum Gasteiger partial charge on any atom is -0.385 e. The molecule has 0 aliphatic heterocycles. The Morgan fingerprint density at radius 1 is 1.29 bits per heavy atom. The molecule has 0 aromatic carbocycles. The van der Waals surface area contributed by atoms with Crippen molar-refractivity contribution in [2.45, 2.75) is 39.0 Å². The van der Waals surface area contributed by atoms with Gasteiger partial charge < -0.3 is 10.1 Å². The summed E-state index contributed by atoms with van der Waals surface area (Å²) in [4.78, 5) is 0. The predicted molar refractivity (Wildman–Crippen MR) is 60.5 cm³/mol. The van der Waals surface area contributed by atoms with Gasteiger partial charge in [-0.15, -0.1) is 0 Å². The molecule has 1 aliphatic carbocycles. The van der Waals surface area contributed by atoms with Crippen LogP contribution >= 0.6 is 0 Å². The Morgan fingerprint density at radius 2 is 2.07 bits per heavy atom. The van der Waals surface area contributed by atoms with Crippen LogP contribution in [0.15, 0.2) is 0 Å². The van der Waals surface area contributed by atoms with E-state index in [0.29, 0.717) is 0 Å². The number of ether oxygens (including phenoxy) is 1. The molecule has 1 saturated carbocycles. The Bertz CT molecular complexity index is 138. The molecule has 14 heavy (non-hydrogen) atoms. The van der Waals surface area contributed by atoms with Crippen molar-refractivity contribution in [3.8, 4) is 0 Å². The van der Waals surface area contributed by atoms with Crippen LogP contribution < -0.4 is 5.32 Å². The van der Waals surface area contributed by atoms with Crippen LogP contribution in [0.25, 0.3) is 0 Å². The molecule has 2 nitrogen and oxygen atoms in total. The summed E-state index contributed by atoms with van der Waals surface area (Å²) in [6, 6.07) is 0. The molecule has 84 valence electrons. The third-order valence-electron chi connectivity index (χ3n) is 3.40. The molecule has 1 fully saturated rings. The van der Waals surface area contributed by atoms with Gasteiger partial charge in [-0.1, -0.05) is 26.2 Å². The minimum absolute atomic E-state index is 0.882. The van der Waals surface area contributed by atoms with E-state index >= 15 is 0 Å². The van der Waals surface area contributed by atoms with Crippen molar-refractivity contribution in [3.05, 3.63) is 0 Å². The van der Waals surface area contributed by atoms with Gasteiger partial charge in [0, 0.05) is 13.7 Å². The molecule has 1 aliphatic rings. The second kappa shape index (κ2) is 7.24. The fraction of sp³-hybridized carbons (Fsp3) is 1.00. The molecule has 0 bridgehead atoms. The number of nitrogens with one attached hydrogen (secondary N) is 1. The van der Waals surface area contributed by atoms with Crippen LogP contribution in [0.3, 0.4) is 0 Å². The second-order valence-corrected chi connectivity index (χ2v) is 4.57. The quantitative estimate of drug-likeness (QED) is 0.663. The molecule has 0 spiro atoms. The standard InChI is InChI=1S/C12H25NO/c1-11-6-3-4-7-12(11)10-13-8-5-9-14-2/h11-13H,3-10H2,1-2H3. The van der Waals surface area contributed by atoms with Crippen LogP contribution in [0.2, 0.25) is 0 Å². The van der Waals surface area contributed by atoms with Crippen molar-refractivity contribution in [2.75, 3.05) is 26.8 Å². The predicted octanol–water partition coefficient (Wildman–Crippen LogP) is 2.44. The van der Waals surface area contributed by atoms with Crippen LogP contribution in [0.1, 0.15) is 39.0 Å². The Morgan fingerprint density at radius 3 is 2.79 bits per heavy atom. The lowest BCUT2D eigenvalue weighted by molar-refractivity contribution is 0.191. The van der Waals surface area contributed by atoms with Crippen molar-refractivity contribution < 1.29 is 4.74 Å². The van der Waals surface area contributed by atoms with Crippen molar-refractivity contribution in [1.29, 1.82) is 0 Å². The smallest absolute Gasteiger partial charge is 0.0474 e. The maximum Gasteiger partial charge on any atom is 0.0474 e. The average molecular weight is 199 g/mol. The van der Waals surface area contributed by atoms with Gasteiger partial charge in [-0.2, -0.15) is 0 Å². The van der Waals surface area contributed by atoms with Gasteiger partial charge in [0.2, 0.25) is 0 Å². The highest BCUT2D eigenvalue weighted by Crippen LogP contribution is 2.28. The molecule has 1 rings (SSSR count). The molecular formula is C12H25NO. The van der Waals surface area contributed by atoms with E-state index in [-0.39, 0.29) is 0 Å². The van der Waals surface area contributed by atoms with Crippen molar-refractivity contribution in [1.82, 2.24) is 5.32 Å². The lowest BCUT2D eigenvalue weighted by Gasteiger charge is -2.28. The summed E-state index contributed by atoms with van der Waals surface area (Å²) in [5.41, 5.74) is 0. The molecule has 2 unspecified atom stereocenters. The van der Waals surface area contributed by atoms with Gasteiger partial charge in [0.05, 0.1) is 0 Å². The summed E-state index contributed by atoms with van der Waals surface area (Å²) in [6.07, 6.45) is 6.89. The van der Waals surface area contributed by atoms with Gasteiger partial charge in [0.15, 0.2) is 0 Å². The topological polar surface area (TPSA) is 21.3 Å². The number of rotatable bonds is 6. The maximum atomic E-state index is 5.02. The second-order valence-electron chi connectivity index (χ2n) is 4.57. The van der Waals surface area contributed by atoms with E-state index in [1.54, 1.807) is 7.11 Å². The molecular weight excluding hydrogens is 174 g/mol. The molecule has 2 atom stereocenters. The number of methoxy groups -OCH3 is 1. The van der Waals surface area contributed by atoms with E-state index < -0.39 is 0 Å². The average Bonchev–Trinajstić information content (AvgIpc) is 2.20. The van der Waals surface area contributed by atoms with Crippen LogP contribution in [0, 0.1) is 11.8 Å². The molecule has 1 N–H and O–H groups in total. The zero-order valence-electron chi connectivity index (χ0n) is 9.72. The van der Waals surface area contributed by atoms with Crippen LogP contribution in [0.4, 0.5) is 0 Å². The van der Waals surface area contributed by atoms with Crippen LogP contribution in [-0.2, 0) is 4.74 Å². The van der Waals surface area contributed by atoms with E-state index in [9.17, 15) is 0 Å². The lowest BCUT2D eigenvalue weighted by atomic mass is 9.80. The Kier molecular flexibility index (Phi) is 6.20. The van der Waals surface area contributed by atoms with E-state index in [4.69, 9.17) is 4.74 Å². The highest BCUT2D eigenvalue weighted by molar-refractivity contribution is 4.73. The molecule has 0 saturated heterocycles. The Hall–Kier alpha value is -0.0800. The van der Waals surface area contributed by atoms with Gasteiger partial charge in [-0.05, 0) is 37.8 Å². The number of hydrogen-bond donors (Lipinski definition) is 1. The van der Waals surface area contributed by atoms with Gasteiger partial charge in [-0.3, -0.25) is 0 Å². The van der Waals surface area contributed by atoms with Crippen molar-refractivity contribution >= 4 is 0 Å². The van der Waals surface area contributed by atoms with Crippen LogP contribution in [-0.4, -0.2) is 26.8 Å². The van der Waals surface area contributed by atoms with E-state index in [0.717, 1.165) is 31.4 Å². The fourth-order valence-electron chi connectivity index (χ4n) is 2.33. The molecule has 2 heteroatoms. The van der Waals surface area contributed by atoms with Crippen molar-refractivity contribution in [3.63, 3.8) is 0 Å². The van der Waals surface area contributed by atoms with Crippen molar-refractivity contribution in [2.24, 2.45) is 11.8 Å². The highest BCUT2D eigenvalue weighted by Gasteiger charge is 2.20. The van der Waals surface area contributed by atoms with E-state index in [2.05, 4.69) is 12.2 Å². The molecule has 0 aromatic rings. The fourth-order valence-corrected chi connectivity index (χ4v) is 2.33. The lowest BCUT2D eigenvalue weighted by Crippen LogP contribution is -2.30. The first-order valence-corrected chi connectivity index (χ1v) is 6.04. The molecule has 0 aromatic heterocycles.